The maximum absolute atomic E-state index is 14.1. The van der Waals surface area contributed by atoms with Crippen LogP contribution in [0.15, 0.2) is 18.2 Å². The van der Waals surface area contributed by atoms with Crippen LogP contribution in [0.4, 0.5) is 10.1 Å². The summed E-state index contributed by atoms with van der Waals surface area (Å²) in [6, 6.07) is 5.26. The second-order valence-corrected chi connectivity index (χ2v) is 5.17. The lowest BCUT2D eigenvalue weighted by molar-refractivity contribution is -0.387. The van der Waals surface area contributed by atoms with Crippen LogP contribution in [0.3, 0.4) is 0 Å². The van der Waals surface area contributed by atoms with E-state index in [4.69, 9.17) is 0 Å². The van der Waals surface area contributed by atoms with E-state index in [9.17, 15) is 14.5 Å². The van der Waals surface area contributed by atoms with Crippen molar-refractivity contribution in [2.45, 2.75) is 51.7 Å². The maximum Gasteiger partial charge on any atom is 0.305 e. The summed E-state index contributed by atoms with van der Waals surface area (Å²) < 4.78 is 14.1. The van der Waals surface area contributed by atoms with Crippen LogP contribution in [0.25, 0.3) is 0 Å². The number of benzene rings is 1. The van der Waals surface area contributed by atoms with Gasteiger partial charge >= 0.3 is 5.69 Å². The van der Waals surface area contributed by atoms with E-state index in [2.05, 4.69) is 18.7 Å². The lowest BCUT2D eigenvalue weighted by Crippen LogP contribution is -2.33. The molecule has 0 bridgehead atoms. The third kappa shape index (κ3) is 2.76. The Morgan fingerprint density at radius 3 is 2.84 bits per heavy atom. The first-order chi connectivity index (χ1) is 9.04. The van der Waals surface area contributed by atoms with Crippen LogP contribution >= 0.6 is 0 Å². The van der Waals surface area contributed by atoms with Crippen LogP contribution in [0.2, 0.25) is 0 Å². The molecule has 19 heavy (non-hydrogen) atoms. The first kappa shape index (κ1) is 13.9. The van der Waals surface area contributed by atoms with Crippen molar-refractivity contribution in [2.24, 2.45) is 0 Å². The number of likely N-dealkylation sites (tertiary alicyclic amines) is 1. The first-order valence-electron chi connectivity index (χ1n) is 6.72. The Balaban J connectivity index is 2.23. The minimum Gasteiger partial charge on any atom is -0.293 e. The number of rotatable bonds is 4. The normalized spacial score (nSPS) is 23.7. The molecule has 1 aromatic rings. The maximum atomic E-state index is 14.1. The van der Waals surface area contributed by atoms with Gasteiger partial charge in [-0.2, -0.15) is 4.39 Å². The predicted octanol–water partition coefficient (Wildman–Crippen LogP) is 3.50. The SMILES string of the molecule is CCC1CCC(C)N1Cc1cccc([N+](=O)[O-])c1F. The molecule has 5 heteroatoms. The lowest BCUT2D eigenvalue weighted by atomic mass is 10.1. The molecule has 2 atom stereocenters. The highest BCUT2D eigenvalue weighted by Crippen LogP contribution is 2.29. The van der Waals surface area contributed by atoms with Gasteiger partial charge < -0.3 is 0 Å². The monoisotopic (exact) mass is 266 g/mol. The Morgan fingerprint density at radius 1 is 1.47 bits per heavy atom. The zero-order valence-electron chi connectivity index (χ0n) is 11.3. The van der Waals surface area contributed by atoms with Gasteiger partial charge in [0.05, 0.1) is 4.92 Å². The molecule has 2 rings (SSSR count). The second kappa shape index (κ2) is 5.65. The van der Waals surface area contributed by atoms with Crippen molar-refractivity contribution in [3.8, 4) is 0 Å². The smallest absolute Gasteiger partial charge is 0.293 e. The van der Waals surface area contributed by atoms with E-state index in [-0.39, 0.29) is 0 Å². The highest BCUT2D eigenvalue weighted by Gasteiger charge is 2.30. The van der Waals surface area contributed by atoms with E-state index in [0.29, 0.717) is 24.2 Å². The van der Waals surface area contributed by atoms with Crippen molar-refractivity contribution in [3.05, 3.63) is 39.7 Å². The predicted molar refractivity (Wildman–Crippen MR) is 71.4 cm³/mol. The van der Waals surface area contributed by atoms with Gasteiger partial charge in [-0.1, -0.05) is 19.1 Å². The summed E-state index contributed by atoms with van der Waals surface area (Å²) in [4.78, 5) is 12.3. The third-order valence-corrected chi connectivity index (χ3v) is 4.03. The molecule has 0 radical (unpaired) electrons. The van der Waals surface area contributed by atoms with Crippen LogP contribution in [0.1, 0.15) is 38.7 Å². The van der Waals surface area contributed by atoms with Gasteiger partial charge in [0.15, 0.2) is 0 Å². The van der Waals surface area contributed by atoms with Gasteiger partial charge in [-0.05, 0) is 26.2 Å². The summed E-state index contributed by atoms with van der Waals surface area (Å²) in [5, 5.41) is 10.7. The fraction of sp³-hybridized carbons (Fsp3) is 0.571. The largest absolute Gasteiger partial charge is 0.305 e. The topological polar surface area (TPSA) is 46.4 Å². The number of halogens is 1. The van der Waals surface area contributed by atoms with Crippen molar-refractivity contribution in [1.82, 2.24) is 4.90 Å². The van der Waals surface area contributed by atoms with Crippen LogP contribution < -0.4 is 0 Å². The average Bonchev–Trinajstić information content (AvgIpc) is 2.72. The molecule has 104 valence electrons. The van der Waals surface area contributed by atoms with Gasteiger partial charge in [-0.25, -0.2) is 0 Å². The van der Waals surface area contributed by atoms with Crippen molar-refractivity contribution in [1.29, 1.82) is 0 Å². The zero-order chi connectivity index (χ0) is 14.0. The van der Waals surface area contributed by atoms with Crippen LogP contribution in [-0.4, -0.2) is 21.9 Å². The van der Waals surface area contributed by atoms with Crippen molar-refractivity contribution in [2.75, 3.05) is 0 Å². The number of nitro groups is 1. The first-order valence-corrected chi connectivity index (χ1v) is 6.72. The minimum atomic E-state index is -0.693. The van der Waals surface area contributed by atoms with Gasteiger partial charge in [-0.3, -0.25) is 15.0 Å². The van der Waals surface area contributed by atoms with Gasteiger partial charge in [0.1, 0.15) is 0 Å². The molecule has 0 saturated carbocycles. The van der Waals surface area contributed by atoms with Crippen LogP contribution in [-0.2, 0) is 6.54 Å². The summed E-state index contributed by atoms with van der Waals surface area (Å²) in [6.07, 6.45) is 3.25. The van der Waals surface area contributed by atoms with E-state index in [1.807, 2.05) is 0 Å². The van der Waals surface area contributed by atoms with Crippen molar-refractivity contribution < 1.29 is 9.31 Å². The van der Waals surface area contributed by atoms with Crippen LogP contribution in [0, 0.1) is 15.9 Å². The van der Waals surface area contributed by atoms with Gasteiger partial charge in [0.2, 0.25) is 5.82 Å². The minimum absolute atomic E-state index is 0.406. The van der Waals surface area contributed by atoms with Gasteiger partial charge in [0, 0.05) is 30.3 Å². The molecule has 1 aliphatic heterocycles. The molecule has 0 N–H and O–H groups in total. The Hall–Kier alpha value is -1.49. The summed E-state index contributed by atoms with van der Waals surface area (Å²) in [6.45, 7) is 4.71. The Bertz CT molecular complexity index is 479. The molecule has 0 aliphatic carbocycles. The molecule has 0 aromatic heterocycles. The van der Waals surface area contributed by atoms with Crippen molar-refractivity contribution in [3.63, 3.8) is 0 Å². The quantitative estimate of drug-likeness (QED) is 0.619. The van der Waals surface area contributed by atoms with E-state index in [0.717, 1.165) is 19.3 Å². The fourth-order valence-electron chi connectivity index (χ4n) is 2.87. The summed E-state index contributed by atoms with van der Waals surface area (Å²) in [7, 11) is 0. The summed E-state index contributed by atoms with van der Waals surface area (Å²) >= 11 is 0. The lowest BCUT2D eigenvalue weighted by Gasteiger charge is -2.27. The molecule has 0 spiro atoms. The molecular weight excluding hydrogens is 247 g/mol. The molecule has 1 fully saturated rings. The number of nitrogens with zero attached hydrogens (tertiary/aromatic N) is 2. The van der Waals surface area contributed by atoms with Crippen molar-refractivity contribution >= 4 is 5.69 Å². The Morgan fingerprint density at radius 2 is 2.21 bits per heavy atom. The third-order valence-electron chi connectivity index (χ3n) is 4.03. The molecule has 0 amide bonds. The molecule has 1 saturated heterocycles. The molecular formula is C14H19FN2O2. The Labute approximate surface area is 112 Å². The van der Waals surface area contributed by atoms with E-state index in [1.54, 1.807) is 12.1 Å². The molecule has 4 nitrogen and oxygen atoms in total. The molecule has 1 aromatic carbocycles. The molecule has 1 heterocycles. The van der Waals surface area contributed by atoms with E-state index < -0.39 is 16.4 Å². The molecule has 1 aliphatic rings. The number of nitro benzene ring substituents is 1. The number of hydrogen-bond acceptors (Lipinski definition) is 3. The number of hydrogen-bond donors (Lipinski definition) is 0. The summed E-state index contributed by atoms with van der Waals surface area (Å²) in [5.41, 5.74) is -0.0150. The standard InChI is InChI=1S/C14H19FN2O2/c1-3-12-8-7-10(2)16(12)9-11-5-4-6-13(14(11)15)17(18)19/h4-6,10,12H,3,7-9H2,1-2H3. The van der Waals surface area contributed by atoms with E-state index in [1.165, 1.54) is 6.07 Å². The average molecular weight is 266 g/mol. The Kier molecular flexibility index (Phi) is 4.14. The summed E-state index contributed by atoms with van der Waals surface area (Å²) in [5.74, 6) is -0.693. The molecule has 2 unspecified atom stereocenters. The fourth-order valence-corrected chi connectivity index (χ4v) is 2.87. The van der Waals surface area contributed by atoms with Gasteiger partial charge in [-0.15, -0.1) is 0 Å². The zero-order valence-corrected chi connectivity index (χ0v) is 11.3. The highest BCUT2D eigenvalue weighted by atomic mass is 19.1. The van der Waals surface area contributed by atoms with E-state index >= 15 is 0 Å². The second-order valence-electron chi connectivity index (χ2n) is 5.17. The highest BCUT2D eigenvalue weighted by molar-refractivity contribution is 5.36. The van der Waals surface area contributed by atoms with Gasteiger partial charge in [0.25, 0.3) is 0 Å². The van der Waals surface area contributed by atoms with Crippen LogP contribution in [0.5, 0.6) is 0 Å².